The van der Waals surface area contributed by atoms with Crippen LogP contribution in [0.3, 0.4) is 0 Å². The molecule has 174 valence electrons. The summed E-state index contributed by atoms with van der Waals surface area (Å²) in [6, 6.07) is 12.7. The molecule has 0 spiro atoms. The van der Waals surface area contributed by atoms with Crippen LogP contribution >= 0.6 is 11.6 Å². The minimum Gasteiger partial charge on any atom is -0.205 e. The third-order valence-electron chi connectivity index (χ3n) is 8.32. The van der Waals surface area contributed by atoms with Crippen molar-refractivity contribution in [1.82, 2.24) is 0 Å². The number of halogens is 2. The molecule has 3 rings (SSSR count). The van der Waals surface area contributed by atoms with Crippen molar-refractivity contribution in [1.29, 1.82) is 0 Å². The summed E-state index contributed by atoms with van der Waals surface area (Å²) in [4.78, 5) is 0. The maximum Gasteiger partial charge on any atom is 0.141 e. The third-order valence-corrected chi connectivity index (χ3v) is 12.0. The average molecular weight is 463 g/mol. The van der Waals surface area contributed by atoms with E-state index < -0.39 is 0 Å². The molecule has 1 saturated carbocycles. The van der Waals surface area contributed by atoms with Gasteiger partial charge >= 0.3 is 0 Å². The Morgan fingerprint density at radius 1 is 0.935 bits per heavy atom. The Bertz CT molecular complexity index is 639. The smallest absolute Gasteiger partial charge is 0.141 e. The van der Waals surface area contributed by atoms with Crippen molar-refractivity contribution in [3.8, 4) is 0 Å². The van der Waals surface area contributed by atoms with E-state index in [2.05, 4.69) is 6.92 Å². The second kappa shape index (κ2) is 13.8. The van der Waals surface area contributed by atoms with E-state index in [1.54, 1.807) is 31.0 Å². The molecule has 1 heterocycles. The number of aryl methyl sites for hydroxylation is 1. The standard InChI is InChI=1S/C28H44ClFSi/c1-2-3-6-19-31-20-17-26(18-21-31)25-13-9-23(10-14-25)7-4-5-8-24-11-15-27(16-12-24)28(30)22-29/h11-12,15-16,22-23,25-26,31H,2-10,13-14,17-21H2,1H3. The van der Waals surface area contributed by atoms with Crippen LogP contribution < -0.4 is 0 Å². The quantitative estimate of drug-likeness (QED) is 0.227. The Hall–Kier alpha value is -0.603. The van der Waals surface area contributed by atoms with Crippen LogP contribution in [-0.4, -0.2) is 8.80 Å². The third kappa shape index (κ3) is 8.35. The first-order valence-electron chi connectivity index (χ1n) is 13.2. The SMILES string of the molecule is CCCCC[SiH]1CCC(C2CCC(CCCCc3ccc(C(F)=CCl)cc3)CC2)CC1. The summed E-state index contributed by atoms with van der Waals surface area (Å²) >= 11 is 5.45. The van der Waals surface area contributed by atoms with Crippen LogP contribution in [0.4, 0.5) is 4.39 Å². The van der Waals surface area contributed by atoms with E-state index in [-0.39, 0.29) is 14.6 Å². The second-order valence-corrected chi connectivity index (χ2v) is 14.1. The Morgan fingerprint density at radius 2 is 1.61 bits per heavy atom. The van der Waals surface area contributed by atoms with Gasteiger partial charge in [0.1, 0.15) is 5.83 Å². The number of hydrogen-bond donors (Lipinski definition) is 0. The van der Waals surface area contributed by atoms with Gasteiger partial charge in [0.15, 0.2) is 0 Å². The molecular formula is C28H44ClFSi. The van der Waals surface area contributed by atoms with Crippen LogP contribution in [0.1, 0.15) is 95.1 Å². The monoisotopic (exact) mass is 462 g/mol. The molecule has 0 atom stereocenters. The molecule has 0 amide bonds. The Balaban J connectivity index is 1.26. The Kier molecular flexibility index (Phi) is 11.2. The molecule has 0 nitrogen and oxygen atoms in total. The zero-order valence-corrected chi connectivity index (χ0v) is 21.7. The van der Waals surface area contributed by atoms with Crippen molar-refractivity contribution in [2.45, 2.75) is 109 Å². The lowest BCUT2D eigenvalue weighted by Gasteiger charge is -2.37. The van der Waals surface area contributed by atoms with E-state index in [9.17, 15) is 4.39 Å². The van der Waals surface area contributed by atoms with Crippen molar-refractivity contribution in [2.75, 3.05) is 0 Å². The normalized spacial score (nSPS) is 27.4. The zero-order valence-electron chi connectivity index (χ0n) is 19.8. The number of rotatable bonds is 11. The molecular weight excluding hydrogens is 419 g/mol. The molecule has 0 radical (unpaired) electrons. The van der Waals surface area contributed by atoms with Crippen molar-refractivity contribution < 1.29 is 4.39 Å². The highest BCUT2D eigenvalue weighted by molar-refractivity contribution is 6.58. The number of unbranched alkanes of at least 4 members (excludes halogenated alkanes) is 3. The molecule has 1 aromatic carbocycles. The Morgan fingerprint density at radius 3 is 2.26 bits per heavy atom. The molecule has 2 fully saturated rings. The minimum absolute atomic E-state index is 0.345. The highest BCUT2D eigenvalue weighted by Crippen LogP contribution is 2.42. The van der Waals surface area contributed by atoms with Crippen LogP contribution in [0.2, 0.25) is 18.1 Å². The van der Waals surface area contributed by atoms with Gasteiger partial charge in [0, 0.05) is 19.9 Å². The molecule has 2 aliphatic rings. The second-order valence-electron chi connectivity index (χ2n) is 10.5. The van der Waals surface area contributed by atoms with Gasteiger partial charge in [0.25, 0.3) is 0 Å². The summed E-state index contributed by atoms with van der Waals surface area (Å²) in [6.45, 7) is 2.33. The van der Waals surface area contributed by atoms with Crippen LogP contribution in [0.5, 0.6) is 0 Å². The lowest BCUT2D eigenvalue weighted by Crippen LogP contribution is -2.28. The fourth-order valence-corrected chi connectivity index (χ4v) is 9.89. The summed E-state index contributed by atoms with van der Waals surface area (Å²) in [7, 11) is -0.345. The van der Waals surface area contributed by atoms with Crippen molar-refractivity contribution in [3.05, 3.63) is 40.9 Å². The van der Waals surface area contributed by atoms with Gasteiger partial charge in [-0.3, -0.25) is 0 Å². The van der Waals surface area contributed by atoms with E-state index in [0.29, 0.717) is 5.56 Å². The first kappa shape index (κ1) is 25.0. The van der Waals surface area contributed by atoms with E-state index in [1.165, 1.54) is 69.8 Å². The van der Waals surface area contributed by atoms with Gasteiger partial charge in [-0.1, -0.05) is 119 Å². The summed E-state index contributed by atoms with van der Waals surface area (Å²) in [6.07, 6.45) is 18.6. The summed E-state index contributed by atoms with van der Waals surface area (Å²) in [5, 5.41) is 0. The Labute approximate surface area is 197 Å². The van der Waals surface area contributed by atoms with Gasteiger partial charge in [0.05, 0.1) is 0 Å². The summed E-state index contributed by atoms with van der Waals surface area (Å²) in [5.74, 6) is 2.76. The van der Waals surface area contributed by atoms with Crippen LogP contribution in [0, 0.1) is 17.8 Å². The van der Waals surface area contributed by atoms with Gasteiger partial charge in [-0.2, -0.15) is 0 Å². The first-order valence-corrected chi connectivity index (χ1v) is 16.1. The molecule has 0 bridgehead atoms. The predicted octanol–water partition coefficient (Wildman–Crippen LogP) is 9.54. The van der Waals surface area contributed by atoms with Gasteiger partial charge in [0.2, 0.25) is 0 Å². The van der Waals surface area contributed by atoms with Gasteiger partial charge in [-0.05, 0) is 49.0 Å². The maximum absolute atomic E-state index is 13.5. The average Bonchev–Trinajstić information content (AvgIpc) is 2.83. The van der Waals surface area contributed by atoms with Crippen LogP contribution in [0.15, 0.2) is 29.8 Å². The molecule has 1 aliphatic heterocycles. The van der Waals surface area contributed by atoms with Crippen molar-refractivity contribution >= 4 is 26.2 Å². The molecule has 0 unspecified atom stereocenters. The molecule has 0 aromatic heterocycles. The summed E-state index contributed by atoms with van der Waals surface area (Å²) < 4.78 is 13.5. The van der Waals surface area contributed by atoms with Gasteiger partial charge < -0.3 is 0 Å². The topological polar surface area (TPSA) is 0 Å². The number of hydrogen-bond acceptors (Lipinski definition) is 0. The van der Waals surface area contributed by atoms with Gasteiger partial charge in [-0.25, -0.2) is 4.39 Å². The van der Waals surface area contributed by atoms with Crippen LogP contribution in [-0.2, 0) is 6.42 Å². The fraction of sp³-hybridized carbons (Fsp3) is 0.714. The highest BCUT2D eigenvalue weighted by atomic mass is 35.5. The summed E-state index contributed by atoms with van der Waals surface area (Å²) in [5.41, 5.74) is 2.89. The molecule has 31 heavy (non-hydrogen) atoms. The highest BCUT2D eigenvalue weighted by Gasteiger charge is 2.30. The largest absolute Gasteiger partial charge is 0.205 e. The van der Waals surface area contributed by atoms with Gasteiger partial charge in [-0.15, -0.1) is 0 Å². The molecule has 1 aliphatic carbocycles. The zero-order chi connectivity index (χ0) is 21.9. The first-order chi connectivity index (χ1) is 15.2. The number of benzene rings is 1. The maximum atomic E-state index is 13.5. The van der Waals surface area contributed by atoms with Crippen molar-refractivity contribution in [3.63, 3.8) is 0 Å². The molecule has 0 N–H and O–H groups in total. The van der Waals surface area contributed by atoms with E-state index in [0.717, 1.165) is 29.7 Å². The van der Waals surface area contributed by atoms with E-state index in [4.69, 9.17) is 11.6 Å². The van der Waals surface area contributed by atoms with Crippen molar-refractivity contribution in [2.24, 2.45) is 17.8 Å². The van der Waals surface area contributed by atoms with Crippen LogP contribution in [0.25, 0.3) is 5.83 Å². The lowest BCUT2D eigenvalue weighted by molar-refractivity contribution is 0.184. The lowest BCUT2D eigenvalue weighted by atomic mass is 9.73. The molecule has 1 saturated heterocycles. The minimum atomic E-state index is -0.356. The fourth-order valence-electron chi connectivity index (χ4n) is 6.24. The molecule has 1 aromatic rings. The van der Waals surface area contributed by atoms with E-state index >= 15 is 0 Å². The molecule has 3 heteroatoms. The predicted molar refractivity (Wildman–Crippen MR) is 138 cm³/mol. The van der Waals surface area contributed by atoms with E-state index in [1.807, 2.05) is 24.3 Å².